The van der Waals surface area contributed by atoms with Gasteiger partial charge in [0.15, 0.2) is 17.8 Å². The van der Waals surface area contributed by atoms with Gasteiger partial charge in [0, 0.05) is 60.4 Å². The summed E-state index contributed by atoms with van der Waals surface area (Å²) in [7, 11) is 1.80. The van der Waals surface area contributed by atoms with Crippen molar-refractivity contribution < 1.29 is 18.8 Å². The Morgan fingerprint density at radius 3 is 2.77 bits per heavy atom. The quantitative estimate of drug-likeness (QED) is 0.208. The number of fused-ring (bicyclic) bond motifs is 5. The van der Waals surface area contributed by atoms with Crippen molar-refractivity contribution in [3.05, 3.63) is 105 Å². The van der Waals surface area contributed by atoms with Crippen LogP contribution in [0.2, 0.25) is 0 Å². The normalized spacial score (nSPS) is 18.9. The zero-order valence-corrected chi connectivity index (χ0v) is 21.1. The average Bonchev–Trinajstić information content (AvgIpc) is 3.45. The Morgan fingerprint density at radius 2 is 2.05 bits per heavy atom. The maximum atomic E-state index is 15.7. The number of benzene rings is 2. The summed E-state index contributed by atoms with van der Waals surface area (Å²) < 4.78 is 27.7. The highest BCUT2D eigenvalue weighted by molar-refractivity contribution is 6.27. The molecule has 0 bridgehead atoms. The number of aromatic nitrogens is 1. The van der Waals surface area contributed by atoms with Crippen LogP contribution in [0, 0.1) is 28.3 Å². The second-order valence-electron chi connectivity index (χ2n) is 9.26. The second-order valence-corrected chi connectivity index (χ2v) is 9.26. The fourth-order valence-electron chi connectivity index (χ4n) is 5.19. The number of amidine groups is 1. The van der Waals surface area contributed by atoms with Crippen molar-refractivity contribution >= 4 is 29.1 Å². The number of ether oxygens (including phenoxy) is 2. The van der Waals surface area contributed by atoms with Crippen molar-refractivity contribution in [2.75, 3.05) is 20.2 Å². The lowest BCUT2D eigenvalue weighted by molar-refractivity contribution is -0.384. The van der Waals surface area contributed by atoms with Gasteiger partial charge in [-0.2, -0.15) is 0 Å². The molecule has 1 atom stereocenters. The third-order valence-corrected chi connectivity index (χ3v) is 6.88. The number of non-ortho nitro benzene ring substituents is 1. The summed E-state index contributed by atoms with van der Waals surface area (Å²) in [6.45, 7) is 2.90. The topological polar surface area (TPSA) is 117 Å². The Kier molecular flexibility index (Phi) is 5.92. The van der Waals surface area contributed by atoms with Gasteiger partial charge in [-0.05, 0) is 48.4 Å². The molecule has 196 valence electrons. The monoisotopic (exact) mass is 526 g/mol. The van der Waals surface area contributed by atoms with Gasteiger partial charge in [0.05, 0.1) is 17.2 Å². The van der Waals surface area contributed by atoms with Gasteiger partial charge in [0.2, 0.25) is 5.88 Å². The molecule has 1 aromatic heterocycles. The summed E-state index contributed by atoms with van der Waals surface area (Å²) in [4.78, 5) is 23.3. The predicted molar refractivity (Wildman–Crippen MR) is 143 cm³/mol. The van der Waals surface area contributed by atoms with Gasteiger partial charge in [-0.3, -0.25) is 15.5 Å². The van der Waals surface area contributed by atoms with E-state index < -0.39 is 17.0 Å². The first-order valence-electron chi connectivity index (χ1n) is 12.2. The Bertz CT molecular complexity index is 1610. The molecule has 3 aliphatic heterocycles. The summed E-state index contributed by atoms with van der Waals surface area (Å²) >= 11 is 0. The zero-order chi connectivity index (χ0) is 27.3. The zero-order valence-electron chi connectivity index (χ0n) is 21.1. The number of hydrogen-bond donors (Lipinski definition) is 1. The Labute approximate surface area is 223 Å². The molecule has 10 nitrogen and oxygen atoms in total. The molecule has 3 aliphatic rings. The van der Waals surface area contributed by atoms with Crippen molar-refractivity contribution in [1.29, 1.82) is 5.41 Å². The minimum atomic E-state index is -0.585. The van der Waals surface area contributed by atoms with E-state index in [-0.39, 0.29) is 17.3 Å². The van der Waals surface area contributed by atoms with Crippen molar-refractivity contribution in [2.45, 2.75) is 13.2 Å². The fraction of sp³-hybridized carbons (Fsp3) is 0.179. The number of rotatable bonds is 5. The van der Waals surface area contributed by atoms with Crippen molar-refractivity contribution in [3.8, 4) is 11.6 Å². The van der Waals surface area contributed by atoms with Crippen LogP contribution in [0.15, 0.2) is 71.4 Å². The fourth-order valence-corrected chi connectivity index (χ4v) is 5.19. The third kappa shape index (κ3) is 4.12. The molecule has 0 amide bonds. The van der Waals surface area contributed by atoms with Crippen LogP contribution in [0.3, 0.4) is 0 Å². The molecule has 4 heterocycles. The molecule has 1 fully saturated rings. The molecule has 3 aromatic rings. The van der Waals surface area contributed by atoms with Gasteiger partial charge in [-0.1, -0.05) is 6.07 Å². The number of nitro groups is 1. The molecule has 2 aromatic carbocycles. The average molecular weight is 527 g/mol. The summed E-state index contributed by atoms with van der Waals surface area (Å²) in [5.41, 5.74) is 4.70. The first kappa shape index (κ1) is 24.4. The van der Waals surface area contributed by atoms with E-state index in [1.54, 1.807) is 37.4 Å². The lowest BCUT2D eigenvalue weighted by Crippen LogP contribution is -2.23. The molecule has 0 radical (unpaired) electrons. The molecule has 39 heavy (non-hydrogen) atoms. The van der Waals surface area contributed by atoms with Crippen LogP contribution in [0.4, 0.5) is 10.1 Å². The Balaban J connectivity index is 1.58. The van der Waals surface area contributed by atoms with Gasteiger partial charge in [-0.15, -0.1) is 0 Å². The number of pyridine rings is 1. The van der Waals surface area contributed by atoms with Crippen LogP contribution in [0.1, 0.15) is 28.6 Å². The number of likely N-dealkylation sites (N-methyl/N-ethyl adjacent to an activating group) is 1. The van der Waals surface area contributed by atoms with E-state index in [0.29, 0.717) is 52.5 Å². The highest BCUT2D eigenvalue weighted by Gasteiger charge is 2.40. The third-order valence-electron chi connectivity index (χ3n) is 6.88. The van der Waals surface area contributed by atoms with Crippen molar-refractivity contribution in [3.63, 3.8) is 0 Å². The lowest BCUT2D eigenvalue weighted by Gasteiger charge is -2.24. The van der Waals surface area contributed by atoms with E-state index in [4.69, 9.17) is 14.9 Å². The molecule has 0 saturated carbocycles. The number of aryl methyl sites for hydroxylation is 1. The van der Waals surface area contributed by atoms with Crippen molar-refractivity contribution in [1.82, 2.24) is 14.8 Å². The minimum absolute atomic E-state index is 0.0166. The van der Waals surface area contributed by atoms with E-state index in [1.807, 2.05) is 29.0 Å². The minimum Gasteiger partial charge on any atom is -0.436 e. The molecule has 1 N–H and O–H groups in total. The van der Waals surface area contributed by atoms with Crippen LogP contribution in [-0.2, 0) is 4.74 Å². The highest BCUT2D eigenvalue weighted by Crippen LogP contribution is 2.49. The van der Waals surface area contributed by atoms with Crippen LogP contribution < -0.4 is 4.74 Å². The molecule has 0 aliphatic carbocycles. The molecule has 6 rings (SSSR count). The Morgan fingerprint density at radius 1 is 1.26 bits per heavy atom. The molecule has 1 unspecified atom stereocenters. The number of nitro benzene ring substituents is 1. The van der Waals surface area contributed by atoms with E-state index >= 15 is 4.39 Å². The second kappa shape index (κ2) is 9.44. The van der Waals surface area contributed by atoms with E-state index in [0.717, 1.165) is 12.0 Å². The highest BCUT2D eigenvalue weighted by atomic mass is 19.1. The van der Waals surface area contributed by atoms with E-state index in [2.05, 4.69) is 9.98 Å². The summed E-state index contributed by atoms with van der Waals surface area (Å²) in [5, 5.41) is 18.9. The van der Waals surface area contributed by atoms with Crippen LogP contribution in [-0.4, -0.2) is 52.1 Å². The molecular weight excluding hydrogens is 503 g/mol. The standard InChI is InChI=1S/C28H23FN6O4/c1-16-4-3-5-24(32-16)39-23-13-20-19(12-22(23)29)25-21(14-34-10-11-38-28(20)34)27(31-15-30)33(2)26(25)17-6-8-18(9-7-17)35(36)37/h3-9,12-15,28,30H,10-11H2,1-2H3. The smallest absolute Gasteiger partial charge is 0.269 e. The number of halogens is 1. The maximum absolute atomic E-state index is 15.7. The maximum Gasteiger partial charge on any atom is 0.269 e. The number of aliphatic imine (C=N–C) groups is 1. The molecular formula is C28H23FN6O4. The van der Waals surface area contributed by atoms with Crippen LogP contribution in [0.5, 0.6) is 11.6 Å². The lowest BCUT2D eigenvalue weighted by atomic mass is 9.92. The SMILES string of the molecule is Cc1cccc(Oc2cc3c(cc2F)C2=C(c4ccc([N+](=O)[O-])cc4)N(C)C(=NC=N)C2=CN2CCOC32)n1. The number of nitrogens with zero attached hydrogens (tertiary/aromatic N) is 5. The van der Waals surface area contributed by atoms with Crippen LogP contribution in [0.25, 0.3) is 11.3 Å². The van der Waals surface area contributed by atoms with E-state index in [1.165, 1.54) is 18.2 Å². The van der Waals surface area contributed by atoms with E-state index in [9.17, 15) is 10.1 Å². The van der Waals surface area contributed by atoms with Crippen LogP contribution >= 0.6 is 0 Å². The van der Waals surface area contributed by atoms with Gasteiger partial charge < -0.3 is 19.3 Å². The molecule has 0 spiro atoms. The first-order valence-corrected chi connectivity index (χ1v) is 12.2. The van der Waals surface area contributed by atoms with Gasteiger partial charge in [0.1, 0.15) is 12.2 Å². The predicted octanol–water partition coefficient (Wildman–Crippen LogP) is 5.28. The summed E-state index contributed by atoms with van der Waals surface area (Å²) in [6.07, 6.45) is 2.38. The van der Waals surface area contributed by atoms with Gasteiger partial charge in [0.25, 0.3) is 5.69 Å². The van der Waals surface area contributed by atoms with Gasteiger partial charge >= 0.3 is 0 Å². The first-order chi connectivity index (χ1) is 18.9. The van der Waals surface area contributed by atoms with Crippen molar-refractivity contribution in [2.24, 2.45) is 4.99 Å². The number of hydrogen-bond acceptors (Lipinski definition) is 7. The summed E-state index contributed by atoms with van der Waals surface area (Å²) in [5.74, 6) is 0.204. The molecule has 11 heteroatoms. The Hall–Kier alpha value is -4.90. The van der Waals surface area contributed by atoms with Gasteiger partial charge in [-0.25, -0.2) is 14.4 Å². The number of nitrogens with one attached hydrogen (secondary N) is 1. The summed E-state index contributed by atoms with van der Waals surface area (Å²) in [6, 6.07) is 14.5. The molecule has 1 saturated heterocycles. The largest absolute Gasteiger partial charge is 0.436 e.